The van der Waals surface area contributed by atoms with Gasteiger partial charge in [0.2, 0.25) is 11.8 Å². The van der Waals surface area contributed by atoms with Crippen molar-refractivity contribution in [2.45, 2.75) is 58.4 Å². The minimum Gasteiger partial charge on any atom is -0.464 e. The normalized spacial score (nSPS) is 14.9. The van der Waals surface area contributed by atoms with Crippen LogP contribution in [-0.2, 0) is 16.1 Å². The Kier molecular flexibility index (Phi) is 6.62. The number of oxazole rings is 1. The zero-order chi connectivity index (χ0) is 16.7. The van der Waals surface area contributed by atoms with E-state index >= 15 is 0 Å². The summed E-state index contributed by atoms with van der Waals surface area (Å²) in [7, 11) is 1.30. The first-order valence-electron chi connectivity index (χ1n) is 8.44. The van der Waals surface area contributed by atoms with Gasteiger partial charge in [-0.1, -0.05) is 32.6 Å². The maximum atomic E-state index is 12.5. The minimum atomic E-state index is -0.533. The molecule has 0 bridgehead atoms. The molecule has 0 radical (unpaired) electrons. The quantitative estimate of drug-likeness (QED) is 0.687. The first-order chi connectivity index (χ1) is 11.1. The number of esters is 1. The largest absolute Gasteiger partial charge is 0.464 e. The summed E-state index contributed by atoms with van der Waals surface area (Å²) in [6.45, 7) is 3.00. The van der Waals surface area contributed by atoms with Crippen LogP contribution in [-0.4, -0.2) is 35.4 Å². The van der Waals surface area contributed by atoms with E-state index in [0.717, 1.165) is 12.8 Å². The highest BCUT2D eigenvalue weighted by Gasteiger charge is 2.21. The van der Waals surface area contributed by atoms with Gasteiger partial charge in [0, 0.05) is 13.0 Å². The third-order valence-electron chi connectivity index (χ3n) is 4.36. The lowest BCUT2D eigenvalue weighted by molar-refractivity contribution is -0.132. The number of ether oxygens (including phenoxy) is 1. The maximum Gasteiger partial charge on any atom is 0.360 e. The van der Waals surface area contributed by atoms with Gasteiger partial charge in [0.25, 0.3) is 0 Å². The molecule has 2 rings (SSSR count). The van der Waals surface area contributed by atoms with Gasteiger partial charge in [-0.2, -0.15) is 0 Å². The van der Waals surface area contributed by atoms with E-state index in [4.69, 9.17) is 4.42 Å². The Morgan fingerprint density at radius 1 is 1.39 bits per heavy atom. The van der Waals surface area contributed by atoms with Gasteiger partial charge in [0.1, 0.15) is 6.26 Å². The number of amides is 1. The summed E-state index contributed by atoms with van der Waals surface area (Å²) in [5.41, 5.74) is 0.136. The van der Waals surface area contributed by atoms with Crippen molar-refractivity contribution in [3.63, 3.8) is 0 Å². The monoisotopic (exact) mass is 322 g/mol. The summed E-state index contributed by atoms with van der Waals surface area (Å²) in [6.07, 6.45) is 8.79. The number of carbonyl (C=O) groups excluding carboxylic acids is 2. The van der Waals surface area contributed by atoms with Crippen molar-refractivity contribution in [3.05, 3.63) is 17.8 Å². The van der Waals surface area contributed by atoms with Gasteiger partial charge in [-0.25, -0.2) is 9.78 Å². The molecule has 1 fully saturated rings. The summed E-state index contributed by atoms with van der Waals surface area (Å²) in [5, 5.41) is 0. The predicted molar refractivity (Wildman–Crippen MR) is 84.7 cm³/mol. The van der Waals surface area contributed by atoms with Crippen molar-refractivity contribution in [2.24, 2.45) is 5.92 Å². The SMILES string of the molecule is CCCN(Cc1nc(C(=O)OC)co1)C(=O)CCC1CCCC1. The first kappa shape index (κ1) is 17.5. The number of nitrogens with zero attached hydrogens (tertiary/aromatic N) is 2. The standard InChI is InChI=1S/C17H26N2O4/c1-3-10-19(16(20)9-8-13-6-4-5-7-13)11-15-18-14(12-23-15)17(21)22-2/h12-13H,3-11H2,1-2H3. The Morgan fingerprint density at radius 2 is 2.13 bits per heavy atom. The number of carbonyl (C=O) groups is 2. The lowest BCUT2D eigenvalue weighted by atomic mass is 10.0. The highest BCUT2D eigenvalue weighted by molar-refractivity contribution is 5.86. The van der Waals surface area contributed by atoms with Crippen LogP contribution in [0.4, 0.5) is 0 Å². The second-order valence-electron chi connectivity index (χ2n) is 6.12. The van der Waals surface area contributed by atoms with Crippen LogP contribution in [0.15, 0.2) is 10.7 Å². The fourth-order valence-corrected chi connectivity index (χ4v) is 3.09. The fourth-order valence-electron chi connectivity index (χ4n) is 3.09. The Labute approximate surface area is 137 Å². The van der Waals surface area contributed by atoms with Crippen molar-refractivity contribution in [2.75, 3.05) is 13.7 Å². The molecule has 1 aliphatic rings. The summed E-state index contributed by atoms with van der Waals surface area (Å²) < 4.78 is 9.89. The van der Waals surface area contributed by atoms with Crippen molar-refractivity contribution in [1.29, 1.82) is 0 Å². The van der Waals surface area contributed by atoms with Gasteiger partial charge in [-0.15, -0.1) is 0 Å². The van der Waals surface area contributed by atoms with E-state index in [2.05, 4.69) is 9.72 Å². The molecule has 6 heteroatoms. The highest BCUT2D eigenvalue weighted by atomic mass is 16.5. The summed E-state index contributed by atoms with van der Waals surface area (Å²) in [4.78, 5) is 29.7. The van der Waals surface area contributed by atoms with E-state index in [-0.39, 0.29) is 11.6 Å². The van der Waals surface area contributed by atoms with Crippen LogP contribution >= 0.6 is 0 Å². The van der Waals surface area contributed by atoms with Crippen LogP contribution in [0.3, 0.4) is 0 Å². The van der Waals surface area contributed by atoms with Crippen LogP contribution in [0.1, 0.15) is 68.2 Å². The predicted octanol–water partition coefficient (Wildman–Crippen LogP) is 3.17. The zero-order valence-corrected chi connectivity index (χ0v) is 14.0. The van der Waals surface area contributed by atoms with Crippen molar-refractivity contribution in [1.82, 2.24) is 9.88 Å². The van der Waals surface area contributed by atoms with E-state index in [1.807, 2.05) is 6.92 Å². The van der Waals surface area contributed by atoms with Crippen molar-refractivity contribution < 1.29 is 18.7 Å². The number of aromatic nitrogens is 1. The summed E-state index contributed by atoms with van der Waals surface area (Å²) >= 11 is 0. The van der Waals surface area contributed by atoms with Crippen molar-refractivity contribution in [3.8, 4) is 0 Å². The molecule has 0 N–H and O–H groups in total. The third-order valence-corrected chi connectivity index (χ3v) is 4.36. The van der Waals surface area contributed by atoms with Crippen LogP contribution in [0.5, 0.6) is 0 Å². The number of methoxy groups -OCH3 is 1. The lowest BCUT2D eigenvalue weighted by Gasteiger charge is -2.21. The topological polar surface area (TPSA) is 72.6 Å². The Bertz CT molecular complexity index is 520. The van der Waals surface area contributed by atoms with E-state index < -0.39 is 5.97 Å². The molecule has 128 valence electrons. The average Bonchev–Trinajstić information content (AvgIpc) is 3.23. The molecule has 1 saturated carbocycles. The van der Waals surface area contributed by atoms with Gasteiger partial charge in [-0.05, 0) is 18.8 Å². The van der Waals surface area contributed by atoms with Gasteiger partial charge >= 0.3 is 5.97 Å². The first-order valence-corrected chi connectivity index (χ1v) is 8.44. The van der Waals surface area contributed by atoms with E-state index in [0.29, 0.717) is 31.3 Å². The smallest absolute Gasteiger partial charge is 0.360 e. The molecule has 0 aliphatic heterocycles. The molecule has 1 amide bonds. The molecule has 0 saturated heterocycles. The molecule has 0 unspecified atom stereocenters. The second-order valence-corrected chi connectivity index (χ2v) is 6.12. The fraction of sp³-hybridized carbons (Fsp3) is 0.706. The molecule has 0 aromatic carbocycles. The molecule has 23 heavy (non-hydrogen) atoms. The molecular weight excluding hydrogens is 296 g/mol. The van der Waals surface area contributed by atoms with Crippen LogP contribution in [0, 0.1) is 5.92 Å². The Balaban J connectivity index is 1.90. The van der Waals surface area contributed by atoms with Crippen molar-refractivity contribution >= 4 is 11.9 Å². The average molecular weight is 322 g/mol. The second kappa shape index (κ2) is 8.70. The molecule has 1 aromatic heterocycles. The molecule has 1 heterocycles. The number of hydrogen-bond acceptors (Lipinski definition) is 5. The molecule has 6 nitrogen and oxygen atoms in total. The Morgan fingerprint density at radius 3 is 2.78 bits per heavy atom. The van der Waals surface area contributed by atoms with Gasteiger partial charge in [0.15, 0.2) is 5.69 Å². The third kappa shape index (κ3) is 5.08. The number of hydrogen-bond donors (Lipinski definition) is 0. The molecular formula is C17H26N2O4. The number of rotatable bonds is 8. The lowest BCUT2D eigenvalue weighted by Crippen LogP contribution is -2.31. The van der Waals surface area contributed by atoms with Gasteiger partial charge in [0.05, 0.1) is 13.7 Å². The minimum absolute atomic E-state index is 0.136. The van der Waals surface area contributed by atoms with Gasteiger partial charge < -0.3 is 14.1 Å². The Hall–Kier alpha value is -1.85. The van der Waals surface area contributed by atoms with E-state index in [9.17, 15) is 9.59 Å². The highest BCUT2D eigenvalue weighted by Crippen LogP contribution is 2.28. The zero-order valence-electron chi connectivity index (χ0n) is 14.0. The summed E-state index contributed by atoms with van der Waals surface area (Å²) in [6, 6.07) is 0. The molecule has 0 atom stereocenters. The summed E-state index contributed by atoms with van der Waals surface area (Å²) in [5.74, 6) is 0.675. The maximum absolute atomic E-state index is 12.5. The molecule has 0 spiro atoms. The van der Waals surface area contributed by atoms with Crippen LogP contribution < -0.4 is 0 Å². The van der Waals surface area contributed by atoms with Gasteiger partial charge in [-0.3, -0.25) is 4.79 Å². The van der Waals surface area contributed by atoms with Crippen LogP contribution in [0.2, 0.25) is 0 Å². The van der Waals surface area contributed by atoms with E-state index in [1.54, 1.807) is 4.90 Å². The van der Waals surface area contributed by atoms with E-state index in [1.165, 1.54) is 39.1 Å². The van der Waals surface area contributed by atoms with Crippen LogP contribution in [0.25, 0.3) is 0 Å². The molecule has 1 aromatic rings. The molecule has 1 aliphatic carbocycles.